The summed E-state index contributed by atoms with van der Waals surface area (Å²) in [5.74, 6) is 0.903. The molecule has 1 aromatic heterocycles. The van der Waals surface area contributed by atoms with Gasteiger partial charge in [-0.3, -0.25) is 4.90 Å². The molecule has 0 bridgehead atoms. The van der Waals surface area contributed by atoms with Crippen molar-refractivity contribution in [1.29, 1.82) is 0 Å². The maximum atomic E-state index is 13.3. The topological polar surface area (TPSA) is 33.1 Å². The first kappa shape index (κ1) is 16.6. The van der Waals surface area contributed by atoms with Gasteiger partial charge in [-0.1, -0.05) is 13.3 Å². The Balaban J connectivity index is 1.80. The second kappa shape index (κ2) is 7.16. The molecule has 1 unspecified atom stereocenters. The van der Waals surface area contributed by atoms with Gasteiger partial charge >= 0.3 is 0 Å². The van der Waals surface area contributed by atoms with Crippen molar-refractivity contribution in [2.75, 3.05) is 25.0 Å². The van der Waals surface area contributed by atoms with E-state index in [4.69, 9.17) is 5.10 Å². The molecular formula is C20H27FN4. The Hall–Kier alpha value is -1.88. The molecule has 25 heavy (non-hydrogen) atoms. The minimum Gasteiger partial charge on any atom is -0.370 e. The van der Waals surface area contributed by atoms with Crippen LogP contribution >= 0.6 is 0 Å². The van der Waals surface area contributed by atoms with Gasteiger partial charge in [0.2, 0.25) is 0 Å². The van der Waals surface area contributed by atoms with Gasteiger partial charge in [0.1, 0.15) is 11.6 Å². The number of likely N-dealkylation sites (tertiary alicyclic amines) is 1. The standard InChI is InChI=1S/C20H27FN4/c1-2-24-14-6-4-8-18(24)19-17-7-3-5-13-22-20(17)25(23-19)16-11-9-15(21)10-12-16/h9-12,18,22H,2-8,13-14H2,1H3. The molecule has 1 saturated heterocycles. The first-order valence-corrected chi connectivity index (χ1v) is 9.63. The van der Waals surface area contributed by atoms with Crippen LogP contribution in [0, 0.1) is 5.82 Å². The zero-order valence-corrected chi connectivity index (χ0v) is 15.0. The van der Waals surface area contributed by atoms with Crippen molar-refractivity contribution in [2.24, 2.45) is 0 Å². The number of benzene rings is 1. The van der Waals surface area contributed by atoms with Gasteiger partial charge in [-0.15, -0.1) is 0 Å². The van der Waals surface area contributed by atoms with Gasteiger partial charge in [0.05, 0.1) is 17.4 Å². The number of nitrogens with zero attached hydrogens (tertiary/aromatic N) is 3. The van der Waals surface area contributed by atoms with Crippen LogP contribution in [0.4, 0.5) is 10.2 Å². The van der Waals surface area contributed by atoms with Crippen molar-refractivity contribution < 1.29 is 4.39 Å². The summed E-state index contributed by atoms with van der Waals surface area (Å²) >= 11 is 0. The molecule has 5 heteroatoms. The quantitative estimate of drug-likeness (QED) is 0.902. The average molecular weight is 342 g/mol. The van der Waals surface area contributed by atoms with Crippen molar-refractivity contribution in [3.8, 4) is 5.69 Å². The van der Waals surface area contributed by atoms with Gasteiger partial charge in [0.15, 0.2) is 0 Å². The largest absolute Gasteiger partial charge is 0.370 e. The van der Waals surface area contributed by atoms with E-state index >= 15 is 0 Å². The molecule has 134 valence electrons. The van der Waals surface area contributed by atoms with E-state index < -0.39 is 0 Å². The highest BCUT2D eigenvalue weighted by Gasteiger charge is 2.30. The smallest absolute Gasteiger partial charge is 0.133 e. The lowest BCUT2D eigenvalue weighted by Gasteiger charge is -2.34. The van der Waals surface area contributed by atoms with E-state index in [0.717, 1.165) is 37.6 Å². The minimum absolute atomic E-state index is 0.209. The van der Waals surface area contributed by atoms with Crippen molar-refractivity contribution in [3.63, 3.8) is 0 Å². The highest BCUT2D eigenvalue weighted by Crippen LogP contribution is 2.37. The molecule has 0 saturated carbocycles. The summed E-state index contributed by atoms with van der Waals surface area (Å²) in [5, 5.41) is 8.63. The number of piperidine rings is 1. The summed E-state index contributed by atoms with van der Waals surface area (Å²) in [4.78, 5) is 2.56. The summed E-state index contributed by atoms with van der Waals surface area (Å²) < 4.78 is 15.3. The van der Waals surface area contributed by atoms with E-state index in [1.54, 1.807) is 0 Å². The van der Waals surface area contributed by atoms with Gasteiger partial charge in [-0.25, -0.2) is 9.07 Å². The predicted octanol–water partition coefficient (Wildman–Crippen LogP) is 4.31. The molecule has 1 atom stereocenters. The molecule has 0 aliphatic carbocycles. The summed E-state index contributed by atoms with van der Waals surface area (Å²) in [6, 6.07) is 7.07. The fourth-order valence-electron chi connectivity index (χ4n) is 4.24. The van der Waals surface area contributed by atoms with Crippen molar-refractivity contribution in [3.05, 3.63) is 41.3 Å². The van der Waals surface area contributed by atoms with Crippen molar-refractivity contribution in [1.82, 2.24) is 14.7 Å². The number of aromatic nitrogens is 2. The summed E-state index contributed by atoms with van der Waals surface area (Å²) in [5.41, 5.74) is 3.53. The molecule has 2 aromatic rings. The van der Waals surface area contributed by atoms with Crippen LogP contribution in [0.15, 0.2) is 24.3 Å². The second-order valence-corrected chi connectivity index (χ2v) is 7.12. The number of hydrogen-bond donors (Lipinski definition) is 1. The van der Waals surface area contributed by atoms with Crippen molar-refractivity contribution in [2.45, 2.75) is 51.5 Å². The van der Waals surface area contributed by atoms with Gasteiger partial charge in [0, 0.05) is 12.1 Å². The maximum absolute atomic E-state index is 13.3. The van der Waals surface area contributed by atoms with Crippen LogP contribution in [-0.2, 0) is 6.42 Å². The Bertz CT molecular complexity index is 722. The van der Waals surface area contributed by atoms with E-state index in [1.165, 1.54) is 55.5 Å². The van der Waals surface area contributed by atoms with Gasteiger partial charge in [-0.05, 0) is 69.5 Å². The number of fused-ring (bicyclic) bond motifs is 1. The number of nitrogens with one attached hydrogen (secondary N) is 1. The zero-order valence-electron chi connectivity index (χ0n) is 15.0. The van der Waals surface area contributed by atoms with E-state index in [1.807, 2.05) is 16.8 Å². The third-order valence-corrected chi connectivity index (χ3v) is 5.57. The van der Waals surface area contributed by atoms with Gasteiger partial charge < -0.3 is 5.32 Å². The molecule has 2 aliphatic rings. The molecule has 0 spiro atoms. The lowest BCUT2D eigenvalue weighted by Crippen LogP contribution is -2.33. The number of anilines is 1. The number of hydrogen-bond acceptors (Lipinski definition) is 3. The van der Waals surface area contributed by atoms with E-state index in [2.05, 4.69) is 17.1 Å². The molecule has 0 amide bonds. The third-order valence-electron chi connectivity index (χ3n) is 5.57. The number of rotatable bonds is 3. The van der Waals surface area contributed by atoms with E-state index in [-0.39, 0.29) is 5.82 Å². The van der Waals surface area contributed by atoms with Gasteiger partial charge in [-0.2, -0.15) is 5.10 Å². The Morgan fingerprint density at radius 2 is 2.00 bits per heavy atom. The molecule has 1 N–H and O–H groups in total. The van der Waals surface area contributed by atoms with Crippen LogP contribution in [0.2, 0.25) is 0 Å². The van der Waals surface area contributed by atoms with Crippen LogP contribution in [-0.4, -0.2) is 34.3 Å². The predicted molar refractivity (Wildman–Crippen MR) is 98.8 cm³/mol. The minimum atomic E-state index is -0.209. The molecule has 4 nitrogen and oxygen atoms in total. The fraction of sp³-hybridized carbons (Fsp3) is 0.550. The Morgan fingerprint density at radius 1 is 1.16 bits per heavy atom. The highest BCUT2D eigenvalue weighted by molar-refractivity contribution is 5.55. The average Bonchev–Trinajstić information content (AvgIpc) is 2.83. The normalized spacial score (nSPS) is 21.4. The Kier molecular flexibility index (Phi) is 4.75. The van der Waals surface area contributed by atoms with E-state index in [0.29, 0.717) is 6.04 Å². The maximum Gasteiger partial charge on any atom is 0.133 e. The molecule has 0 radical (unpaired) electrons. The zero-order chi connectivity index (χ0) is 17.2. The molecular weight excluding hydrogens is 315 g/mol. The Labute approximate surface area is 149 Å². The van der Waals surface area contributed by atoms with Crippen molar-refractivity contribution >= 4 is 5.82 Å². The van der Waals surface area contributed by atoms with Crippen LogP contribution in [0.1, 0.15) is 56.3 Å². The van der Waals surface area contributed by atoms with Gasteiger partial charge in [0.25, 0.3) is 0 Å². The number of halogens is 1. The SMILES string of the molecule is CCN1CCCCC1c1nn(-c2ccc(F)cc2)c2c1CCCCN2. The summed E-state index contributed by atoms with van der Waals surface area (Å²) in [7, 11) is 0. The molecule has 1 fully saturated rings. The monoisotopic (exact) mass is 342 g/mol. The Morgan fingerprint density at radius 3 is 2.80 bits per heavy atom. The molecule has 3 heterocycles. The third kappa shape index (κ3) is 3.17. The lowest BCUT2D eigenvalue weighted by atomic mass is 9.95. The molecule has 2 aliphatic heterocycles. The van der Waals surface area contributed by atoms with Crippen LogP contribution in [0.3, 0.4) is 0 Å². The first-order chi connectivity index (χ1) is 12.3. The summed E-state index contributed by atoms with van der Waals surface area (Å²) in [6.07, 6.45) is 7.19. The lowest BCUT2D eigenvalue weighted by molar-refractivity contribution is 0.152. The molecule has 4 rings (SSSR count). The van der Waals surface area contributed by atoms with Crippen LogP contribution < -0.4 is 5.32 Å². The fourth-order valence-corrected chi connectivity index (χ4v) is 4.24. The second-order valence-electron chi connectivity index (χ2n) is 7.12. The first-order valence-electron chi connectivity index (χ1n) is 9.63. The summed E-state index contributed by atoms with van der Waals surface area (Å²) in [6.45, 7) is 5.44. The van der Waals surface area contributed by atoms with Crippen LogP contribution in [0.25, 0.3) is 5.69 Å². The highest BCUT2D eigenvalue weighted by atomic mass is 19.1. The molecule has 1 aromatic carbocycles. The van der Waals surface area contributed by atoms with E-state index in [9.17, 15) is 4.39 Å². The van der Waals surface area contributed by atoms with Crippen LogP contribution in [0.5, 0.6) is 0 Å².